The van der Waals surface area contributed by atoms with Crippen LogP contribution < -0.4 is 5.69 Å². The smallest absolute Gasteiger partial charge is 0.313 e. The summed E-state index contributed by atoms with van der Waals surface area (Å²) in [5.41, 5.74) is -0.162. The molecular formula is C7H8N2O. The van der Waals surface area contributed by atoms with Crippen molar-refractivity contribution in [2.45, 2.75) is 13.0 Å². The van der Waals surface area contributed by atoms with Crippen molar-refractivity contribution in [3.05, 3.63) is 22.9 Å². The molecule has 0 radical (unpaired) electrons. The van der Waals surface area contributed by atoms with Crippen molar-refractivity contribution in [3.8, 4) is 12.3 Å². The van der Waals surface area contributed by atoms with Gasteiger partial charge >= 0.3 is 5.69 Å². The summed E-state index contributed by atoms with van der Waals surface area (Å²) in [5.74, 6) is 2.45. The van der Waals surface area contributed by atoms with E-state index in [2.05, 4.69) is 10.9 Å². The van der Waals surface area contributed by atoms with Crippen LogP contribution >= 0.6 is 0 Å². The van der Waals surface area contributed by atoms with E-state index in [1.54, 1.807) is 19.3 Å². The summed E-state index contributed by atoms with van der Waals surface area (Å²) in [4.78, 5) is 13.3. The third-order valence-corrected chi connectivity index (χ3v) is 1.33. The monoisotopic (exact) mass is 136 g/mol. The van der Waals surface area contributed by atoms with Crippen molar-refractivity contribution >= 4 is 0 Å². The Balaban J connectivity index is 3.08. The molecule has 10 heavy (non-hydrogen) atoms. The summed E-state index contributed by atoms with van der Waals surface area (Å²) in [6, 6.07) is -0.168. The normalized spacial score (nSPS) is 12.4. The van der Waals surface area contributed by atoms with Crippen LogP contribution in [0.5, 0.6) is 0 Å². The van der Waals surface area contributed by atoms with Crippen LogP contribution in [0.2, 0.25) is 0 Å². The first-order valence-corrected chi connectivity index (χ1v) is 2.97. The summed E-state index contributed by atoms with van der Waals surface area (Å²) < 4.78 is 1.46. The summed E-state index contributed by atoms with van der Waals surface area (Å²) in [7, 11) is 0. The molecule has 1 aromatic heterocycles. The van der Waals surface area contributed by atoms with Crippen LogP contribution in [0.4, 0.5) is 0 Å². The first-order valence-electron chi connectivity index (χ1n) is 2.97. The molecule has 0 aromatic carbocycles. The zero-order chi connectivity index (χ0) is 7.56. The third-order valence-electron chi connectivity index (χ3n) is 1.33. The predicted octanol–water partition coefficient (Wildman–Crippen LogP) is 0.371. The number of hydrogen-bond donors (Lipinski definition) is 1. The van der Waals surface area contributed by atoms with Crippen molar-refractivity contribution in [2.24, 2.45) is 0 Å². The van der Waals surface area contributed by atoms with Crippen LogP contribution in [0.3, 0.4) is 0 Å². The number of nitrogens with one attached hydrogen (secondary N) is 1. The third kappa shape index (κ3) is 0.960. The fourth-order valence-corrected chi connectivity index (χ4v) is 0.716. The standard InChI is InChI=1S/C7H8N2O/c1-3-6(2)9-5-4-8-7(9)10/h1,4-6H,2H3,(H,8,10). The molecule has 0 fully saturated rings. The van der Waals surface area contributed by atoms with E-state index < -0.39 is 0 Å². The maximum Gasteiger partial charge on any atom is 0.326 e. The second-order valence-electron chi connectivity index (χ2n) is 2.02. The van der Waals surface area contributed by atoms with E-state index in [0.717, 1.165) is 0 Å². The van der Waals surface area contributed by atoms with Crippen molar-refractivity contribution in [3.63, 3.8) is 0 Å². The Morgan fingerprint density at radius 1 is 1.90 bits per heavy atom. The van der Waals surface area contributed by atoms with Gasteiger partial charge in [-0.15, -0.1) is 6.42 Å². The van der Waals surface area contributed by atoms with Crippen molar-refractivity contribution in [2.75, 3.05) is 0 Å². The molecule has 1 N–H and O–H groups in total. The topological polar surface area (TPSA) is 37.8 Å². The van der Waals surface area contributed by atoms with E-state index in [9.17, 15) is 4.79 Å². The molecule has 3 nitrogen and oxygen atoms in total. The minimum Gasteiger partial charge on any atom is -0.313 e. The van der Waals surface area contributed by atoms with Crippen LogP contribution in [-0.4, -0.2) is 9.55 Å². The van der Waals surface area contributed by atoms with Crippen molar-refractivity contribution in [1.82, 2.24) is 9.55 Å². The zero-order valence-electron chi connectivity index (χ0n) is 5.66. The van der Waals surface area contributed by atoms with E-state index in [0.29, 0.717) is 0 Å². The maximum absolute atomic E-state index is 10.8. The van der Waals surface area contributed by atoms with Gasteiger partial charge in [-0.25, -0.2) is 4.79 Å². The minimum absolute atomic E-state index is 0.162. The van der Waals surface area contributed by atoms with Gasteiger partial charge in [-0.3, -0.25) is 4.57 Å². The highest BCUT2D eigenvalue weighted by molar-refractivity contribution is 4.97. The first-order chi connectivity index (χ1) is 4.75. The molecule has 0 aliphatic heterocycles. The maximum atomic E-state index is 10.8. The number of aromatic amines is 1. The fraction of sp³-hybridized carbons (Fsp3) is 0.286. The Morgan fingerprint density at radius 3 is 3.00 bits per heavy atom. The lowest BCUT2D eigenvalue weighted by molar-refractivity contribution is 0.656. The van der Waals surface area contributed by atoms with Crippen LogP contribution in [-0.2, 0) is 0 Å². The second-order valence-corrected chi connectivity index (χ2v) is 2.02. The highest BCUT2D eigenvalue weighted by Gasteiger charge is 2.00. The molecule has 52 valence electrons. The SMILES string of the molecule is C#CC(C)n1cc[nH]c1=O. The van der Waals surface area contributed by atoms with Gasteiger partial charge in [-0.2, -0.15) is 0 Å². The Bertz CT molecular complexity index is 302. The number of rotatable bonds is 1. The highest BCUT2D eigenvalue weighted by Crippen LogP contribution is 1.96. The molecule has 0 bridgehead atoms. The molecule has 0 spiro atoms. The molecule has 1 atom stereocenters. The number of imidazole rings is 1. The van der Waals surface area contributed by atoms with E-state index in [-0.39, 0.29) is 11.7 Å². The molecule has 3 heteroatoms. The first kappa shape index (κ1) is 6.69. The molecular weight excluding hydrogens is 128 g/mol. The van der Waals surface area contributed by atoms with Gasteiger partial charge in [-0.1, -0.05) is 5.92 Å². The van der Waals surface area contributed by atoms with Gasteiger partial charge in [0.1, 0.15) is 0 Å². The largest absolute Gasteiger partial charge is 0.326 e. The molecule has 0 aliphatic rings. The van der Waals surface area contributed by atoms with Gasteiger partial charge in [0.2, 0.25) is 0 Å². The summed E-state index contributed by atoms with van der Waals surface area (Å²) in [6.45, 7) is 1.79. The number of hydrogen-bond acceptors (Lipinski definition) is 1. The molecule has 0 aliphatic carbocycles. The van der Waals surface area contributed by atoms with Crippen LogP contribution in [0.15, 0.2) is 17.2 Å². The molecule has 0 amide bonds. The summed E-state index contributed by atoms with van der Waals surface area (Å²) in [6.07, 6.45) is 8.31. The minimum atomic E-state index is -0.168. The number of nitrogens with zero attached hydrogens (tertiary/aromatic N) is 1. The average Bonchev–Trinajstić information content (AvgIpc) is 2.34. The van der Waals surface area contributed by atoms with Crippen molar-refractivity contribution in [1.29, 1.82) is 0 Å². The van der Waals surface area contributed by atoms with Gasteiger partial charge < -0.3 is 4.98 Å². The van der Waals surface area contributed by atoms with Crippen LogP contribution in [0.1, 0.15) is 13.0 Å². The fourth-order valence-electron chi connectivity index (χ4n) is 0.716. The zero-order valence-corrected chi connectivity index (χ0v) is 5.66. The Morgan fingerprint density at radius 2 is 2.60 bits per heavy atom. The van der Waals surface area contributed by atoms with E-state index in [4.69, 9.17) is 6.42 Å². The second kappa shape index (κ2) is 2.44. The quantitative estimate of drug-likeness (QED) is 0.556. The van der Waals surface area contributed by atoms with Gasteiger partial charge in [0.05, 0.1) is 6.04 Å². The van der Waals surface area contributed by atoms with E-state index in [1.165, 1.54) is 4.57 Å². The molecule has 0 saturated carbocycles. The van der Waals surface area contributed by atoms with Crippen LogP contribution in [0, 0.1) is 12.3 Å². The number of H-pyrrole nitrogens is 1. The molecule has 1 rings (SSSR count). The lowest BCUT2D eigenvalue weighted by Crippen LogP contribution is -2.18. The van der Waals surface area contributed by atoms with Gasteiger partial charge in [0.15, 0.2) is 0 Å². The van der Waals surface area contributed by atoms with Gasteiger partial charge in [0.25, 0.3) is 0 Å². The van der Waals surface area contributed by atoms with Gasteiger partial charge in [0, 0.05) is 12.4 Å². The predicted molar refractivity (Wildman–Crippen MR) is 38.6 cm³/mol. The molecule has 0 saturated heterocycles. The Kier molecular flexibility index (Phi) is 1.63. The molecule has 1 unspecified atom stereocenters. The molecule has 1 heterocycles. The lowest BCUT2D eigenvalue weighted by atomic mass is 10.4. The Labute approximate surface area is 58.7 Å². The van der Waals surface area contributed by atoms with E-state index in [1.807, 2.05) is 0 Å². The number of aromatic nitrogens is 2. The average molecular weight is 136 g/mol. The summed E-state index contributed by atoms with van der Waals surface area (Å²) in [5, 5.41) is 0. The summed E-state index contributed by atoms with van der Waals surface area (Å²) >= 11 is 0. The Hall–Kier alpha value is -1.43. The van der Waals surface area contributed by atoms with Crippen LogP contribution in [0.25, 0.3) is 0 Å². The lowest BCUT2D eigenvalue weighted by Gasteiger charge is -2.01. The van der Waals surface area contributed by atoms with Crippen molar-refractivity contribution < 1.29 is 0 Å². The number of terminal acetylenes is 1. The molecule has 1 aromatic rings. The highest BCUT2D eigenvalue weighted by atomic mass is 16.1. The van der Waals surface area contributed by atoms with E-state index >= 15 is 0 Å². The van der Waals surface area contributed by atoms with Gasteiger partial charge in [-0.05, 0) is 6.92 Å².